The van der Waals surface area contributed by atoms with Gasteiger partial charge in [0, 0.05) is 32.3 Å². The van der Waals surface area contributed by atoms with Crippen LogP contribution in [-0.2, 0) is 13.0 Å². The third-order valence-electron chi connectivity index (χ3n) is 4.73. The Morgan fingerprint density at radius 1 is 1.27 bits per heavy atom. The van der Waals surface area contributed by atoms with E-state index in [4.69, 9.17) is 0 Å². The maximum Gasteiger partial charge on any atom is 0.272 e. The Hall–Kier alpha value is -2.74. The van der Waals surface area contributed by atoms with Crippen molar-refractivity contribution >= 4 is 11.4 Å². The highest BCUT2D eigenvalue weighted by atomic mass is 16.2. The Labute approximate surface area is 151 Å². The van der Waals surface area contributed by atoms with Crippen LogP contribution in [-0.4, -0.2) is 43.4 Å². The first-order chi connectivity index (χ1) is 12.6. The van der Waals surface area contributed by atoms with Gasteiger partial charge in [0.25, 0.3) is 5.91 Å². The van der Waals surface area contributed by atoms with Crippen LogP contribution in [0, 0.1) is 5.92 Å². The molecule has 0 bridgehead atoms. The van der Waals surface area contributed by atoms with Gasteiger partial charge < -0.3 is 15.2 Å². The molecule has 1 amide bonds. The summed E-state index contributed by atoms with van der Waals surface area (Å²) in [5.41, 5.74) is 1.29. The number of nitrogens with zero attached hydrogens (tertiary/aromatic N) is 5. The lowest BCUT2D eigenvalue weighted by Gasteiger charge is -2.22. The number of amides is 1. The van der Waals surface area contributed by atoms with Crippen molar-refractivity contribution < 1.29 is 4.79 Å². The minimum Gasteiger partial charge on any atom is -0.340 e. The van der Waals surface area contributed by atoms with Crippen LogP contribution in [0.3, 0.4) is 0 Å². The lowest BCUT2D eigenvalue weighted by atomic mass is 10.0. The van der Waals surface area contributed by atoms with Crippen LogP contribution in [0.1, 0.15) is 42.0 Å². The fourth-order valence-electron chi connectivity index (χ4n) is 3.32. The second-order valence-corrected chi connectivity index (χ2v) is 6.92. The fraction of sp³-hybridized carbons (Fsp3) is 0.444. The first-order valence-electron chi connectivity index (χ1n) is 9.01. The molecule has 0 aliphatic carbocycles. The average Bonchev–Trinajstić information content (AvgIpc) is 3.16. The summed E-state index contributed by atoms with van der Waals surface area (Å²) in [6, 6.07) is 7.31. The minimum absolute atomic E-state index is 0.181. The number of rotatable bonds is 4. The van der Waals surface area contributed by atoms with Gasteiger partial charge in [-0.2, -0.15) is 5.10 Å². The molecule has 4 heterocycles. The summed E-state index contributed by atoms with van der Waals surface area (Å²) in [5.74, 6) is 1.77. The van der Waals surface area contributed by atoms with Gasteiger partial charge in [0.05, 0.1) is 11.6 Å². The monoisotopic (exact) mass is 353 g/mol. The largest absolute Gasteiger partial charge is 0.340 e. The van der Waals surface area contributed by atoms with Crippen LogP contribution in [0.15, 0.2) is 30.5 Å². The molecule has 0 saturated heterocycles. The van der Waals surface area contributed by atoms with E-state index in [1.54, 1.807) is 10.6 Å². The van der Waals surface area contributed by atoms with E-state index in [2.05, 4.69) is 44.3 Å². The lowest BCUT2D eigenvalue weighted by Crippen LogP contribution is -2.34. The Kier molecular flexibility index (Phi) is 4.42. The van der Waals surface area contributed by atoms with Gasteiger partial charge in [-0.3, -0.25) is 4.79 Å². The summed E-state index contributed by atoms with van der Waals surface area (Å²) in [6.07, 6.45) is 2.68. The quantitative estimate of drug-likeness (QED) is 0.736. The molecule has 1 atom stereocenters. The number of hydrogen-bond acceptors (Lipinski definition) is 5. The van der Waals surface area contributed by atoms with E-state index in [0.29, 0.717) is 5.69 Å². The Bertz CT molecular complexity index is 894. The SMILES string of the molecule is CC(C)[C@@H](NC(=O)c1cc2ccccn2n1)c1nnc2n1CCNCC2. The van der Waals surface area contributed by atoms with E-state index in [9.17, 15) is 4.79 Å². The molecule has 0 saturated carbocycles. The number of hydrogen-bond donors (Lipinski definition) is 2. The number of fused-ring (bicyclic) bond motifs is 2. The molecular weight excluding hydrogens is 330 g/mol. The van der Waals surface area contributed by atoms with Crippen molar-refractivity contribution in [2.75, 3.05) is 13.1 Å². The smallest absolute Gasteiger partial charge is 0.272 e. The van der Waals surface area contributed by atoms with E-state index >= 15 is 0 Å². The summed E-state index contributed by atoms with van der Waals surface area (Å²) in [5, 5.41) is 19.6. The fourth-order valence-corrected chi connectivity index (χ4v) is 3.32. The van der Waals surface area contributed by atoms with Crippen LogP contribution in [0.2, 0.25) is 0 Å². The molecule has 0 radical (unpaired) electrons. The van der Waals surface area contributed by atoms with E-state index in [-0.39, 0.29) is 17.9 Å². The summed E-state index contributed by atoms with van der Waals surface area (Å²) in [4.78, 5) is 12.8. The van der Waals surface area contributed by atoms with Gasteiger partial charge in [-0.05, 0) is 24.1 Å². The molecule has 8 nitrogen and oxygen atoms in total. The van der Waals surface area contributed by atoms with Gasteiger partial charge in [0.2, 0.25) is 0 Å². The average molecular weight is 353 g/mol. The topological polar surface area (TPSA) is 89.1 Å². The minimum atomic E-state index is -0.216. The molecule has 8 heteroatoms. The van der Waals surface area contributed by atoms with E-state index < -0.39 is 0 Å². The molecule has 0 unspecified atom stereocenters. The molecule has 3 aromatic rings. The Balaban J connectivity index is 1.61. The Morgan fingerprint density at radius 3 is 2.96 bits per heavy atom. The summed E-state index contributed by atoms with van der Waals surface area (Å²) < 4.78 is 3.84. The van der Waals surface area contributed by atoms with Gasteiger partial charge in [0.15, 0.2) is 11.5 Å². The number of pyridine rings is 1. The molecule has 3 aromatic heterocycles. The third kappa shape index (κ3) is 3.08. The zero-order chi connectivity index (χ0) is 18.1. The standard InChI is InChI=1S/C18H23N7O/c1-12(2)16(17-22-21-15-6-7-19-8-10-24(15)17)20-18(26)14-11-13-5-3-4-9-25(13)23-14/h3-5,9,11-12,16,19H,6-8,10H2,1-2H3,(H,20,26)/t16-/m1/s1. The van der Waals surface area contributed by atoms with Crippen LogP contribution in [0.4, 0.5) is 0 Å². The molecule has 0 spiro atoms. The van der Waals surface area contributed by atoms with Crippen LogP contribution in [0.25, 0.3) is 5.52 Å². The number of carbonyl (C=O) groups excluding carboxylic acids is 1. The molecule has 0 fully saturated rings. The van der Waals surface area contributed by atoms with Crippen molar-refractivity contribution in [1.29, 1.82) is 0 Å². The van der Waals surface area contributed by atoms with Gasteiger partial charge >= 0.3 is 0 Å². The van der Waals surface area contributed by atoms with Crippen LogP contribution >= 0.6 is 0 Å². The molecule has 26 heavy (non-hydrogen) atoms. The highest BCUT2D eigenvalue weighted by Gasteiger charge is 2.27. The predicted molar refractivity (Wildman–Crippen MR) is 96.8 cm³/mol. The zero-order valence-electron chi connectivity index (χ0n) is 15.0. The second-order valence-electron chi connectivity index (χ2n) is 6.92. The van der Waals surface area contributed by atoms with Gasteiger partial charge in [-0.25, -0.2) is 4.52 Å². The summed E-state index contributed by atoms with van der Waals surface area (Å²) in [7, 11) is 0. The van der Waals surface area contributed by atoms with E-state index in [1.165, 1.54) is 0 Å². The van der Waals surface area contributed by atoms with Crippen LogP contribution in [0.5, 0.6) is 0 Å². The summed E-state index contributed by atoms with van der Waals surface area (Å²) in [6.45, 7) is 6.74. The van der Waals surface area contributed by atoms with Crippen LogP contribution < -0.4 is 10.6 Å². The van der Waals surface area contributed by atoms with E-state index in [0.717, 1.165) is 43.2 Å². The normalized spacial score (nSPS) is 15.7. The third-order valence-corrected chi connectivity index (χ3v) is 4.73. The predicted octanol–water partition coefficient (Wildman–Crippen LogP) is 1.20. The Morgan fingerprint density at radius 2 is 2.15 bits per heavy atom. The molecule has 1 aliphatic rings. The molecule has 1 aliphatic heterocycles. The summed E-state index contributed by atoms with van der Waals surface area (Å²) >= 11 is 0. The first kappa shape index (κ1) is 16.7. The molecule has 0 aromatic carbocycles. The number of aromatic nitrogens is 5. The van der Waals surface area contributed by atoms with E-state index in [1.807, 2.05) is 24.4 Å². The van der Waals surface area contributed by atoms with Crippen molar-refractivity contribution in [1.82, 2.24) is 35.0 Å². The van der Waals surface area contributed by atoms with Gasteiger partial charge in [-0.15, -0.1) is 10.2 Å². The van der Waals surface area contributed by atoms with Crippen molar-refractivity contribution in [3.63, 3.8) is 0 Å². The molecule has 136 valence electrons. The van der Waals surface area contributed by atoms with Crippen molar-refractivity contribution in [3.05, 3.63) is 47.8 Å². The number of nitrogens with one attached hydrogen (secondary N) is 2. The second kappa shape index (κ2) is 6.87. The first-order valence-corrected chi connectivity index (χ1v) is 9.01. The van der Waals surface area contributed by atoms with Gasteiger partial charge in [-0.1, -0.05) is 19.9 Å². The van der Waals surface area contributed by atoms with Crippen molar-refractivity contribution in [2.24, 2.45) is 5.92 Å². The number of carbonyl (C=O) groups is 1. The highest BCUT2D eigenvalue weighted by Crippen LogP contribution is 2.22. The van der Waals surface area contributed by atoms with Gasteiger partial charge in [0.1, 0.15) is 5.82 Å². The highest BCUT2D eigenvalue weighted by molar-refractivity contribution is 5.93. The molecule has 4 rings (SSSR count). The lowest BCUT2D eigenvalue weighted by molar-refractivity contribution is 0.0916. The molecular formula is C18H23N7O. The molecule has 2 N–H and O–H groups in total. The van der Waals surface area contributed by atoms with Crippen molar-refractivity contribution in [3.8, 4) is 0 Å². The maximum absolute atomic E-state index is 12.8. The maximum atomic E-state index is 12.8. The van der Waals surface area contributed by atoms with Crippen molar-refractivity contribution in [2.45, 2.75) is 32.9 Å². The zero-order valence-corrected chi connectivity index (χ0v) is 15.0.